The van der Waals surface area contributed by atoms with E-state index in [1.54, 1.807) is 0 Å². The molecule has 0 bridgehead atoms. The Bertz CT molecular complexity index is 590. The Hall–Kier alpha value is -1.37. The molecule has 0 spiro atoms. The second-order valence-corrected chi connectivity index (χ2v) is 5.79. The lowest BCUT2D eigenvalue weighted by Gasteiger charge is -2.05. The van der Waals surface area contributed by atoms with Crippen LogP contribution in [0.4, 0.5) is 0 Å². The maximum absolute atomic E-state index is 12.2. The second-order valence-electron chi connectivity index (χ2n) is 4.77. The molecule has 2 rings (SSSR count). The Balaban J connectivity index is 2.03. The van der Waals surface area contributed by atoms with E-state index in [2.05, 4.69) is 44.8 Å². The van der Waals surface area contributed by atoms with Crippen LogP contribution < -0.4 is 5.32 Å². The molecule has 20 heavy (non-hydrogen) atoms. The summed E-state index contributed by atoms with van der Waals surface area (Å²) in [5.41, 5.74) is 3.74. The minimum Gasteiger partial charge on any atom is -0.347 e. The number of halogens is 1. The van der Waals surface area contributed by atoms with Gasteiger partial charge in [-0.15, -0.1) is 0 Å². The van der Waals surface area contributed by atoms with Gasteiger partial charge in [0.2, 0.25) is 0 Å². The van der Waals surface area contributed by atoms with Crippen LogP contribution in [0.1, 0.15) is 40.7 Å². The van der Waals surface area contributed by atoms with Gasteiger partial charge in [0.15, 0.2) is 3.83 Å². The van der Waals surface area contributed by atoms with Crippen LogP contribution in [0.5, 0.6) is 0 Å². The van der Waals surface area contributed by atoms with Crippen molar-refractivity contribution in [3.05, 3.63) is 50.6 Å². The highest BCUT2D eigenvalue weighted by atomic mass is 127. The molecule has 106 valence electrons. The molecule has 0 aliphatic heterocycles. The van der Waals surface area contributed by atoms with Gasteiger partial charge in [-0.3, -0.25) is 4.79 Å². The summed E-state index contributed by atoms with van der Waals surface area (Å²) in [6.45, 7) is 4.65. The number of carbonyl (C=O) groups is 1. The van der Waals surface area contributed by atoms with Crippen molar-refractivity contribution in [3.8, 4) is 0 Å². The summed E-state index contributed by atoms with van der Waals surface area (Å²) >= 11 is 2.10. The zero-order valence-electron chi connectivity index (χ0n) is 11.7. The van der Waals surface area contributed by atoms with Crippen LogP contribution in [-0.2, 0) is 13.0 Å². The van der Waals surface area contributed by atoms with Crippen LogP contribution >= 0.6 is 22.6 Å². The van der Waals surface area contributed by atoms with Crippen LogP contribution in [0, 0.1) is 10.8 Å². The molecule has 0 aliphatic rings. The first-order chi connectivity index (χ1) is 9.60. The number of aromatic amines is 1. The van der Waals surface area contributed by atoms with Gasteiger partial charge in [-0.2, -0.15) is 0 Å². The Morgan fingerprint density at radius 2 is 2.05 bits per heavy atom. The first-order valence-corrected chi connectivity index (χ1v) is 7.76. The van der Waals surface area contributed by atoms with Gasteiger partial charge >= 0.3 is 0 Å². The largest absolute Gasteiger partial charge is 0.347 e. The molecule has 0 unspecified atom stereocenters. The zero-order chi connectivity index (χ0) is 14.5. The highest BCUT2D eigenvalue weighted by molar-refractivity contribution is 14.1. The fourth-order valence-corrected chi connectivity index (χ4v) is 2.53. The molecular formula is C15H18IN3O. The molecule has 0 saturated heterocycles. The third-order valence-corrected chi connectivity index (χ3v) is 3.55. The number of aryl methyl sites for hydroxylation is 2. The van der Waals surface area contributed by atoms with Crippen LogP contribution in [0.3, 0.4) is 0 Å². The van der Waals surface area contributed by atoms with Gasteiger partial charge in [0.1, 0.15) is 5.69 Å². The summed E-state index contributed by atoms with van der Waals surface area (Å²) in [6, 6.07) is 8.14. The third kappa shape index (κ3) is 3.82. The van der Waals surface area contributed by atoms with Gasteiger partial charge in [0.05, 0.1) is 0 Å². The predicted molar refractivity (Wildman–Crippen MR) is 87.6 cm³/mol. The number of nitrogens with one attached hydrogen (secondary N) is 2. The predicted octanol–water partition coefficient (Wildman–Crippen LogP) is 3.21. The van der Waals surface area contributed by atoms with Gasteiger partial charge < -0.3 is 10.3 Å². The van der Waals surface area contributed by atoms with E-state index in [9.17, 15) is 4.79 Å². The highest BCUT2D eigenvalue weighted by Crippen LogP contribution is 2.11. The Kier molecular flexibility index (Phi) is 5.17. The quantitative estimate of drug-likeness (QED) is 0.780. The van der Waals surface area contributed by atoms with Crippen LogP contribution in [-0.4, -0.2) is 15.9 Å². The molecule has 0 aliphatic carbocycles. The number of carbonyl (C=O) groups excluding carboxylic acids is 1. The van der Waals surface area contributed by atoms with Crippen molar-refractivity contribution < 1.29 is 4.79 Å². The minimum absolute atomic E-state index is 0.117. The number of aromatic nitrogens is 2. The van der Waals surface area contributed by atoms with Gasteiger partial charge in [0, 0.05) is 12.2 Å². The lowest BCUT2D eigenvalue weighted by atomic mass is 10.1. The van der Waals surface area contributed by atoms with Crippen molar-refractivity contribution in [2.75, 3.05) is 0 Å². The van der Waals surface area contributed by atoms with E-state index in [1.807, 2.05) is 31.2 Å². The fourth-order valence-electron chi connectivity index (χ4n) is 1.97. The standard InChI is InChI=1S/C15H18IN3O/c1-3-4-12-13(19-15(16)18-12)14(20)17-9-11-7-5-10(2)6-8-11/h5-8H,3-4,9H2,1-2H3,(H,17,20)(H,18,19). The van der Waals surface area contributed by atoms with Gasteiger partial charge in [0.25, 0.3) is 5.91 Å². The molecule has 1 amide bonds. The molecule has 0 radical (unpaired) electrons. The fraction of sp³-hybridized carbons (Fsp3) is 0.333. The maximum Gasteiger partial charge on any atom is 0.272 e. The Labute approximate surface area is 132 Å². The van der Waals surface area contributed by atoms with Crippen LogP contribution in [0.25, 0.3) is 0 Å². The minimum atomic E-state index is -0.117. The molecule has 1 aromatic heterocycles. The molecule has 1 aromatic carbocycles. The molecule has 0 atom stereocenters. The van der Waals surface area contributed by atoms with Crippen molar-refractivity contribution in [1.29, 1.82) is 0 Å². The lowest BCUT2D eigenvalue weighted by molar-refractivity contribution is 0.0945. The molecular weight excluding hydrogens is 365 g/mol. The van der Waals surface area contributed by atoms with Crippen LogP contribution in [0.2, 0.25) is 0 Å². The van der Waals surface area contributed by atoms with Crippen LogP contribution in [0.15, 0.2) is 24.3 Å². The number of rotatable bonds is 5. The van der Waals surface area contributed by atoms with Crippen molar-refractivity contribution in [2.45, 2.75) is 33.2 Å². The first kappa shape index (κ1) is 15.0. The summed E-state index contributed by atoms with van der Waals surface area (Å²) < 4.78 is 0.756. The topological polar surface area (TPSA) is 57.8 Å². The SMILES string of the molecule is CCCc1[nH]c(I)nc1C(=O)NCc1ccc(C)cc1. The van der Waals surface area contributed by atoms with Gasteiger partial charge in [-0.1, -0.05) is 43.2 Å². The zero-order valence-corrected chi connectivity index (χ0v) is 13.8. The lowest BCUT2D eigenvalue weighted by Crippen LogP contribution is -2.24. The van der Waals surface area contributed by atoms with Crippen molar-refractivity contribution in [3.63, 3.8) is 0 Å². The smallest absolute Gasteiger partial charge is 0.272 e. The maximum atomic E-state index is 12.2. The van der Waals surface area contributed by atoms with E-state index in [4.69, 9.17) is 0 Å². The van der Waals surface area contributed by atoms with E-state index < -0.39 is 0 Å². The number of nitrogens with zero attached hydrogens (tertiary/aromatic N) is 1. The number of hydrogen-bond donors (Lipinski definition) is 2. The summed E-state index contributed by atoms with van der Waals surface area (Å²) in [4.78, 5) is 19.6. The average molecular weight is 383 g/mol. The van der Waals surface area contributed by atoms with Gasteiger partial charge in [-0.05, 0) is 41.5 Å². The van der Waals surface area contributed by atoms with Crippen molar-refractivity contribution in [2.24, 2.45) is 0 Å². The second kappa shape index (κ2) is 6.88. The average Bonchev–Trinajstić information content (AvgIpc) is 2.79. The molecule has 0 saturated carbocycles. The summed E-state index contributed by atoms with van der Waals surface area (Å²) in [7, 11) is 0. The normalized spacial score (nSPS) is 10.6. The van der Waals surface area contributed by atoms with E-state index in [1.165, 1.54) is 5.56 Å². The Morgan fingerprint density at radius 3 is 2.70 bits per heavy atom. The molecule has 2 aromatic rings. The molecule has 0 fully saturated rings. The molecule has 1 heterocycles. The summed E-state index contributed by atoms with van der Waals surface area (Å²) in [5, 5.41) is 2.92. The monoisotopic (exact) mass is 383 g/mol. The third-order valence-electron chi connectivity index (χ3n) is 3.04. The summed E-state index contributed by atoms with van der Waals surface area (Å²) in [5.74, 6) is -0.117. The van der Waals surface area contributed by atoms with E-state index in [0.29, 0.717) is 12.2 Å². The van der Waals surface area contributed by atoms with Crippen molar-refractivity contribution in [1.82, 2.24) is 15.3 Å². The number of imidazole rings is 1. The number of amides is 1. The Morgan fingerprint density at radius 1 is 1.35 bits per heavy atom. The molecule has 4 nitrogen and oxygen atoms in total. The number of hydrogen-bond acceptors (Lipinski definition) is 2. The van der Waals surface area contributed by atoms with E-state index in [-0.39, 0.29) is 5.91 Å². The molecule has 2 N–H and O–H groups in total. The van der Waals surface area contributed by atoms with Crippen molar-refractivity contribution >= 4 is 28.5 Å². The first-order valence-electron chi connectivity index (χ1n) is 6.68. The highest BCUT2D eigenvalue weighted by Gasteiger charge is 2.15. The van der Waals surface area contributed by atoms with Gasteiger partial charge in [-0.25, -0.2) is 4.98 Å². The van der Waals surface area contributed by atoms with E-state index >= 15 is 0 Å². The summed E-state index contributed by atoms with van der Waals surface area (Å²) in [6.07, 6.45) is 1.82. The number of H-pyrrole nitrogens is 1. The molecule has 5 heteroatoms. The number of benzene rings is 1. The van der Waals surface area contributed by atoms with E-state index in [0.717, 1.165) is 27.9 Å².